The first-order valence-corrected chi connectivity index (χ1v) is 5.58. The van der Waals surface area contributed by atoms with Gasteiger partial charge >= 0.3 is 5.97 Å². The summed E-state index contributed by atoms with van der Waals surface area (Å²) in [5, 5.41) is 0. The first kappa shape index (κ1) is 11.9. The Morgan fingerprint density at radius 1 is 1.41 bits per heavy atom. The lowest BCUT2D eigenvalue weighted by atomic mass is 9.94. The van der Waals surface area contributed by atoms with Crippen molar-refractivity contribution in [1.29, 1.82) is 0 Å². The number of carbonyl (C=O) groups excluding carboxylic acids is 1. The van der Waals surface area contributed by atoms with Gasteiger partial charge in [-0.25, -0.2) is 4.39 Å². The highest BCUT2D eigenvalue weighted by Gasteiger charge is 2.38. The number of methoxy groups -OCH3 is 2. The van der Waals surface area contributed by atoms with Gasteiger partial charge < -0.3 is 9.47 Å². The smallest absolute Gasteiger partial charge is 0.313 e. The Kier molecular flexibility index (Phi) is 3.31. The molecule has 0 aromatic heterocycles. The largest absolute Gasteiger partial charge is 0.494 e. The molecule has 0 amide bonds. The maximum Gasteiger partial charge on any atom is 0.313 e. The second kappa shape index (κ2) is 4.73. The molecule has 1 aromatic carbocycles. The van der Waals surface area contributed by atoms with Crippen LogP contribution in [0.1, 0.15) is 24.3 Å². The maximum atomic E-state index is 13.6. The van der Waals surface area contributed by atoms with Crippen LogP contribution in [0.25, 0.3) is 0 Å². The van der Waals surface area contributed by atoms with E-state index in [0.717, 1.165) is 12.8 Å². The zero-order valence-electron chi connectivity index (χ0n) is 9.90. The molecule has 3 nitrogen and oxygen atoms in total. The third-order valence-electron chi connectivity index (χ3n) is 3.08. The first-order valence-electron chi connectivity index (χ1n) is 5.58. The van der Waals surface area contributed by atoms with Crippen LogP contribution in [0.15, 0.2) is 18.2 Å². The van der Waals surface area contributed by atoms with E-state index in [9.17, 15) is 9.18 Å². The summed E-state index contributed by atoms with van der Waals surface area (Å²) in [4.78, 5) is 11.7. The minimum atomic E-state index is -0.445. The lowest BCUT2D eigenvalue weighted by molar-refractivity contribution is -0.143. The molecule has 1 unspecified atom stereocenters. The predicted octanol–water partition coefficient (Wildman–Crippen LogP) is 2.50. The van der Waals surface area contributed by atoms with E-state index in [0.29, 0.717) is 5.56 Å². The van der Waals surface area contributed by atoms with Crippen LogP contribution in [0.3, 0.4) is 0 Å². The average molecular weight is 238 g/mol. The number of carbonyl (C=O) groups is 1. The van der Waals surface area contributed by atoms with Crippen LogP contribution in [0.2, 0.25) is 0 Å². The summed E-state index contributed by atoms with van der Waals surface area (Å²) in [5.74, 6) is -0.611. The summed E-state index contributed by atoms with van der Waals surface area (Å²) in [6.07, 6.45) is 1.99. The quantitative estimate of drug-likeness (QED) is 0.756. The zero-order chi connectivity index (χ0) is 12.4. The molecule has 1 aromatic rings. The molecule has 0 spiro atoms. The molecule has 0 N–H and O–H groups in total. The molecule has 2 rings (SSSR count). The van der Waals surface area contributed by atoms with Gasteiger partial charge in [-0.05, 0) is 36.5 Å². The van der Waals surface area contributed by atoms with Gasteiger partial charge in [0.1, 0.15) is 0 Å². The highest BCUT2D eigenvalue weighted by Crippen LogP contribution is 2.43. The van der Waals surface area contributed by atoms with Gasteiger partial charge in [0.25, 0.3) is 0 Å². The fraction of sp³-hybridized carbons (Fsp3) is 0.462. The highest BCUT2D eigenvalue weighted by molar-refractivity contribution is 5.79. The minimum absolute atomic E-state index is 0.188. The number of ether oxygens (including phenoxy) is 2. The van der Waals surface area contributed by atoms with Gasteiger partial charge in [-0.3, -0.25) is 4.79 Å². The van der Waals surface area contributed by atoms with Gasteiger partial charge in [-0.2, -0.15) is 0 Å². The molecule has 1 fully saturated rings. The molecule has 0 aliphatic heterocycles. The van der Waals surface area contributed by atoms with Crippen molar-refractivity contribution in [3.63, 3.8) is 0 Å². The van der Waals surface area contributed by atoms with Crippen molar-refractivity contribution in [2.75, 3.05) is 14.2 Å². The standard InChI is InChI=1S/C13H15FO3/c1-16-11-6-5-9(7-10(11)14)12(8-3-4-8)13(15)17-2/h5-8,12H,3-4H2,1-2H3. The SMILES string of the molecule is COC(=O)C(c1ccc(OC)c(F)c1)C1CC1. The predicted molar refractivity (Wildman–Crippen MR) is 60.4 cm³/mol. The Morgan fingerprint density at radius 2 is 2.12 bits per heavy atom. The van der Waals surface area contributed by atoms with Gasteiger partial charge in [0.05, 0.1) is 20.1 Å². The van der Waals surface area contributed by atoms with Crippen molar-refractivity contribution in [3.05, 3.63) is 29.6 Å². The van der Waals surface area contributed by atoms with Crippen LogP contribution in [0.4, 0.5) is 4.39 Å². The lowest BCUT2D eigenvalue weighted by Crippen LogP contribution is -2.16. The van der Waals surface area contributed by atoms with Crippen molar-refractivity contribution in [1.82, 2.24) is 0 Å². The fourth-order valence-electron chi connectivity index (χ4n) is 2.03. The lowest BCUT2D eigenvalue weighted by Gasteiger charge is -2.14. The van der Waals surface area contributed by atoms with Gasteiger partial charge in [0, 0.05) is 0 Å². The van der Waals surface area contributed by atoms with Crippen molar-refractivity contribution in [2.45, 2.75) is 18.8 Å². The number of benzene rings is 1. The van der Waals surface area contributed by atoms with Gasteiger partial charge in [0.15, 0.2) is 11.6 Å². The van der Waals surface area contributed by atoms with Crippen molar-refractivity contribution >= 4 is 5.97 Å². The van der Waals surface area contributed by atoms with E-state index in [1.807, 2.05) is 0 Å². The molecule has 4 heteroatoms. The summed E-state index contributed by atoms with van der Waals surface area (Å²) in [6, 6.07) is 4.63. The van der Waals surface area contributed by atoms with E-state index in [4.69, 9.17) is 9.47 Å². The second-order valence-electron chi connectivity index (χ2n) is 4.23. The molecular weight excluding hydrogens is 223 g/mol. The minimum Gasteiger partial charge on any atom is -0.494 e. The van der Waals surface area contributed by atoms with Crippen LogP contribution in [0.5, 0.6) is 5.75 Å². The summed E-state index contributed by atoms with van der Waals surface area (Å²) in [5.41, 5.74) is 0.664. The van der Waals surface area contributed by atoms with Crippen LogP contribution in [-0.2, 0) is 9.53 Å². The van der Waals surface area contributed by atoms with E-state index in [1.165, 1.54) is 20.3 Å². The van der Waals surface area contributed by atoms with Crippen molar-refractivity contribution < 1.29 is 18.7 Å². The monoisotopic (exact) mass is 238 g/mol. The van der Waals surface area contributed by atoms with Crippen LogP contribution >= 0.6 is 0 Å². The molecule has 0 saturated heterocycles. The second-order valence-corrected chi connectivity index (χ2v) is 4.23. The van der Waals surface area contributed by atoms with E-state index < -0.39 is 5.82 Å². The number of hydrogen-bond acceptors (Lipinski definition) is 3. The molecule has 0 bridgehead atoms. The Hall–Kier alpha value is -1.58. The molecule has 1 aliphatic rings. The Labute approximate surface area is 99.5 Å². The van der Waals surface area contributed by atoms with Crippen LogP contribution < -0.4 is 4.74 Å². The van der Waals surface area contributed by atoms with Crippen molar-refractivity contribution in [3.8, 4) is 5.75 Å². The van der Waals surface area contributed by atoms with Crippen LogP contribution in [0, 0.1) is 11.7 Å². The molecule has 1 saturated carbocycles. The molecule has 1 aliphatic carbocycles. The summed E-state index contributed by atoms with van der Waals surface area (Å²) < 4.78 is 23.2. The molecule has 92 valence electrons. The third kappa shape index (κ3) is 2.40. The molecule has 17 heavy (non-hydrogen) atoms. The van der Waals surface area contributed by atoms with Gasteiger partial charge in [0.2, 0.25) is 0 Å². The molecule has 1 atom stereocenters. The first-order chi connectivity index (χ1) is 8.17. The highest BCUT2D eigenvalue weighted by atomic mass is 19.1. The third-order valence-corrected chi connectivity index (χ3v) is 3.08. The summed E-state index contributed by atoms with van der Waals surface area (Å²) >= 11 is 0. The zero-order valence-corrected chi connectivity index (χ0v) is 9.90. The Bertz CT molecular complexity index is 427. The van der Waals surface area contributed by atoms with Crippen molar-refractivity contribution in [2.24, 2.45) is 5.92 Å². The Morgan fingerprint density at radius 3 is 2.59 bits per heavy atom. The van der Waals surface area contributed by atoms with Gasteiger partial charge in [-0.15, -0.1) is 0 Å². The number of halogens is 1. The number of esters is 1. The maximum absolute atomic E-state index is 13.6. The molecular formula is C13H15FO3. The van der Waals surface area contributed by atoms with Crippen LogP contribution in [-0.4, -0.2) is 20.2 Å². The fourth-order valence-corrected chi connectivity index (χ4v) is 2.03. The molecule has 0 radical (unpaired) electrons. The van der Waals surface area contributed by atoms with Gasteiger partial charge in [-0.1, -0.05) is 6.07 Å². The topological polar surface area (TPSA) is 35.5 Å². The number of rotatable bonds is 4. The van der Waals surface area contributed by atoms with E-state index in [-0.39, 0.29) is 23.6 Å². The average Bonchev–Trinajstić information content (AvgIpc) is 3.14. The Balaban J connectivity index is 2.30. The molecule has 0 heterocycles. The van der Waals surface area contributed by atoms with E-state index in [1.54, 1.807) is 12.1 Å². The summed E-state index contributed by atoms with van der Waals surface area (Å²) in [6.45, 7) is 0. The number of hydrogen-bond donors (Lipinski definition) is 0. The van der Waals surface area contributed by atoms with E-state index in [2.05, 4.69) is 0 Å². The summed E-state index contributed by atoms with van der Waals surface area (Å²) in [7, 11) is 2.77. The normalized spacial score (nSPS) is 16.4. The van der Waals surface area contributed by atoms with E-state index >= 15 is 0 Å².